The summed E-state index contributed by atoms with van der Waals surface area (Å²) < 4.78 is 0. The van der Waals surface area contributed by atoms with Crippen molar-refractivity contribution >= 4 is 17.3 Å². The van der Waals surface area contributed by atoms with E-state index in [1.165, 1.54) is 18.2 Å². The number of carboxylic acid groups (broad SMARTS) is 1. The Morgan fingerprint density at radius 1 is 1.00 bits per heavy atom. The molecule has 5 nitrogen and oxygen atoms in total. The second kappa shape index (κ2) is 5.09. The molecule has 2 aromatic carbocycles. The zero-order valence-corrected chi connectivity index (χ0v) is 9.32. The van der Waals surface area contributed by atoms with Crippen molar-refractivity contribution in [3.8, 4) is 5.75 Å². The molecule has 0 aliphatic heterocycles. The van der Waals surface area contributed by atoms with Crippen molar-refractivity contribution in [1.82, 2.24) is 0 Å². The number of rotatable bonds is 3. The summed E-state index contributed by atoms with van der Waals surface area (Å²) >= 11 is 0. The van der Waals surface area contributed by atoms with Crippen molar-refractivity contribution < 1.29 is 15.0 Å². The third-order valence-corrected chi connectivity index (χ3v) is 2.25. The Labute approximate surface area is 103 Å². The molecule has 0 radical (unpaired) electrons. The molecule has 0 bridgehead atoms. The molecule has 0 fully saturated rings. The molecule has 0 saturated carbocycles. The number of hydrogen-bond acceptors (Lipinski definition) is 4. The highest BCUT2D eigenvalue weighted by molar-refractivity contribution is 5.89. The Balaban J connectivity index is 2.31. The van der Waals surface area contributed by atoms with Gasteiger partial charge in [0.15, 0.2) is 0 Å². The molecule has 0 saturated heterocycles. The lowest BCUT2D eigenvalue weighted by molar-refractivity contribution is 0.0697. The fourth-order valence-electron chi connectivity index (χ4n) is 1.34. The number of benzene rings is 2. The van der Waals surface area contributed by atoms with Crippen molar-refractivity contribution in [1.29, 1.82) is 0 Å². The van der Waals surface area contributed by atoms with Crippen LogP contribution in [0.15, 0.2) is 58.8 Å². The van der Waals surface area contributed by atoms with Crippen LogP contribution in [0.25, 0.3) is 0 Å². The summed E-state index contributed by atoms with van der Waals surface area (Å²) in [6.45, 7) is 0. The Morgan fingerprint density at radius 2 is 1.72 bits per heavy atom. The first-order valence-electron chi connectivity index (χ1n) is 5.20. The van der Waals surface area contributed by atoms with Gasteiger partial charge in [-0.15, -0.1) is 5.11 Å². The van der Waals surface area contributed by atoms with Crippen LogP contribution in [-0.4, -0.2) is 16.2 Å². The van der Waals surface area contributed by atoms with Gasteiger partial charge in [0.1, 0.15) is 11.4 Å². The first-order chi connectivity index (χ1) is 8.66. The molecule has 18 heavy (non-hydrogen) atoms. The maximum absolute atomic E-state index is 10.8. The zero-order chi connectivity index (χ0) is 13.0. The molecular weight excluding hydrogens is 232 g/mol. The Bertz CT molecular complexity index is 594. The molecule has 0 aliphatic rings. The topological polar surface area (TPSA) is 82.2 Å². The van der Waals surface area contributed by atoms with Gasteiger partial charge in [-0.1, -0.05) is 18.2 Å². The second-order valence-corrected chi connectivity index (χ2v) is 3.54. The molecule has 0 aliphatic carbocycles. The average Bonchev–Trinajstić information content (AvgIpc) is 2.38. The highest BCUT2D eigenvalue weighted by Gasteiger charge is 2.07. The summed E-state index contributed by atoms with van der Waals surface area (Å²) in [5.74, 6) is -1.19. The predicted octanol–water partition coefficient (Wildman–Crippen LogP) is 3.51. The molecule has 2 N–H and O–H groups in total. The van der Waals surface area contributed by atoms with Gasteiger partial charge in [0, 0.05) is 0 Å². The molecule has 0 aromatic heterocycles. The van der Waals surface area contributed by atoms with E-state index in [0.717, 1.165) is 0 Å². The minimum atomic E-state index is -1.08. The van der Waals surface area contributed by atoms with Gasteiger partial charge >= 0.3 is 5.97 Å². The zero-order valence-electron chi connectivity index (χ0n) is 9.32. The number of phenols is 1. The van der Waals surface area contributed by atoms with Crippen molar-refractivity contribution in [2.75, 3.05) is 0 Å². The quantitative estimate of drug-likeness (QED) is 0.808. The number of aromatic hydroxyl groups is 1. The van der Waals surface area contributed by atoms with E-state index in [1.54, 1.807) is 12.1 Å². The van der Waals surface area contributed by atoms with Gasteiger partial charge in [0.2, 0.25) is 0 Å². The van der Waals surface area contributed by atoms with E-state index in [9.17, 15) is 9.90 Å². The van der Waals surface area contributed by atoms with Gasteiger partial charge in [-0.3, -0.25) is 0 Å². The fraction of sp³-hybridized carbons (Fsp3) is 0. The summed E-state index contributed by atoms with van der Waals surface area (Å²) in [5.41, 5.74) is 0.797. The van der Waals surface area contributed by atoms with Crippen LogP contribution in [0.4, 0.5) is 11.4 Å². The number of carbonyl (C=O) groups is 1. The highest BCUT2D eigenvalue weighted by atomic mass is 16.4. The van der Waals surface area contributed by atoms with Crippen molar-refractivity contribution in [3.63, 3.8) is 0 Å². The van der Waals surface area contributed by atoms with Gasteiger partial charge in [0.05, 0.1) is 11.3 Å². The van der Waals surface area contributed by atoms with Crippen LogP contribution in [0.5, 0.6) is 5.75 Å². The monoisotopic (exact) mass is 242 g/mol. The van der Waals surface area contributed by atoms with Gasteiger partial charge in [-0.25, -0.2) is 4.79 Å². The van der Waals surface area contributed by atoms with Crippen LogP contribution in [-0.2, 0) is 0 Å². The van der Waals surface area contributed by atoms with E-state index in [1.807, 2.05) is 18.2 Å². The van der Waals surface area contributed by atoms with Crippen LogP contribution >= 0.6 is 0 Å². The summed E-state index contributed by atoms with van der Waals surface area (Å²) in [7, 11) is 0. The SMILES string of the molecule is O=C(O)c1ccc(O)c(N=Nc2ccccc2)c1. The van der Waals surface area contributed by atoms with E-state index in [-0.39, 0.29) is 17.0 Å². The van der Waals surface area contributed by atoms with Gasteiger partial charge in [-0.2, -0.15) is 5.11 Å². The molecule has 0 spiro atoms. The van der Waals surface area contributed by atoms with Crippen molar-refractivity contribution in [3.05, 3.63) is 54.1 Å². The van der Waals surface area contributed by atoms with Crippen LogP contribution in [0.3, 0.4) is 0 Å². The standard InChI is InChI=1S/C13H10N2O3/c16-12-7-6-9(13(17)18)8-11(12)15-14-10-4-2-1-3-5-10/h1-8,16H,(H,17,18). The molecule has 2 rings (SSSR count). The highest BCUT2D eigenvalue weighted by Crippen LogP contribution is 2.28. The van der Waals surface area contributed by atoms with E-state index in [2.05, 4.69) is 10.2 Å². The summed E-state index contributed by atoms with van der Waals surface area (Å²) in [5, 5.41) is 26.1. The normalized spacial score (nSPS) is 10.7. The first kappa shape index (κ1) is 11.8. The molecule has 0 amide bonds. The summed E-state index contributed by atoms with van der Waals surface area (Å²) in [6, 6.07) is 12.8. The molecule has 5 heteroatoms. The minimum absolute atomic E-state index is 0.0508. The van der Waals surface area contributed by atoms with Crippen molar-refractivity contribution in [2.45, 2.75) is 0 Å². The largest absolute Gasteiger partial charge is 0.506 e. The van der Waals surface area contributed by atoms with Crippen molar-refractivity contribution in [2.24, 2.45) is 10.2 Å². The number of phenolic OH excluding ortho intramolecular Hbond substituents is 1. The molecule has 0 heterocycles. The van der Waals surface area contributed by atoms with E-state index in [0.29, 0.717) is 5.69 Å². The fourth-order valence-corrected chi connectivity index (χ4v) is 1.34. The number of nitrogens with zero attached hydrogens (tertiary/aromatic N) is 2. The molecule has 90 valence electrons. The van der Waals surface area contributed by atoms with E-state index in [4.69, 9.17) is 5.11 Å². The van der Waals surface area contributed by atoms with E-state index < -0.39 is 5.97 Å². The lowest BCUT2D eigenvalue weighted by atomic mass is 10.2. The predicted molar refractivity (Wildman–Crippen MR) is 65.7 cm³/mol. The van der Waals surface area contributed by atoms with Crippen LogP contribution in [0.1, 0.15) is 10.4 Å². The first-order valence-corrected chi connectivity index (χ1v) is 5.20. The minimum Gasteiger partial charge on any atom is -0.506 e. The Hall–Kier alpha value is -2.69. The van der Waals surface area contributed by atoms with Gasteiger partial charge in [0.25, 0.3) is 0 Å². The van der Waals surface area contributed by atoms with E-state index >= 15 is 0 Å². The van der Waals surface area contributed by atoms with Gasteiger partial charge in [-0.05, 0) is 30.3 Å². The van der Waals surface area contributed by atoms with Crippen LogP contribution < -0.4 is 0 Å². The molecule has 0 unspecified atom stereocenters. The molecular formula is C13H10N2O3. The number of azo groups is 1. The third-order valence-electron chi connectivity index (χ3n) is 2.25. The second-order valence-electron chi connectivity index (χ2n) is 3.54. The molecule has 2 aromatic rings. The number of hydrogen-bond donors (Lipinski definition) is 2. The summed E-state index contributed by atoms with van der Waals surface area (Å²) in [4.78, 5) is 10.8. The number of carboxylic acids is 1. The Morgan fingerprint density at radius 3 is 2.39 bits per heavy atom. The van der Waals surface area contributed by atoms with Crippen LogP contribution in [0, 0.1) is 0 Å². The Kier molecular flexibility index (Phi) is 3.33. The third kappa shape index (κ3) is 2.70. The summed E-state index contributed by atoms with van der Waals surface area (Å²) in [6.07, 6.45) is 0. The maximum Gasteiger partial charge on any atom is 0.335 e. The average molecular weight is 242 g/mol. The number of aromatic carboxylic acids is 1. The lowest BCUT2D eigenvalue weighted by Crippen LogP contribution is -1.94. The van der Waals surface area contributed by atoms with Gasteiger partial charge < -0.3 is 10.2 Å². The van der Waals surface area contributed by atoms with Crippen LogP contribution in [0.2, 0.25) is 0 Å². The smallest absolute Gasteiger partial charge is 0.335 e. The molecule has 0 atom stereocenters. The lowest BCUT2D eigenvalue weighted by Gasteiger charge is -1.99. The maximum atomic E-state index is 10.8.